The molecule has 2 unspecified atom stereocenters. The zero-order valence-electron chi connectivity index (χ0n) is 35.5. The van der Waals surface area contributed by atoms with Crippen molar-refractivity contribution in [3.63, 3.8) is 0 Å². The van der Waals surface area contributed by atoms with Crippen LogP contribution >= 0.6 is 0 Å². The second-order valence-corrected chi connectivity index (χ2v) is 17.3. The van der Waals surface area contributed by atoms with Gasteiger partial charge in [0.1, 0.15) is 12.3 Å². The van der Waals surface area contributed by atoms with E-state index in [-0.39, 0.29) is 41.7 Å². The van der Waals surface area contributed by atoms with Crippen LogP contribution in [0.25, 0.3) is 28.2 Å². The third-order valence-electron chi connectivity index (χ3n) is 12.2. The maximum atomic E-state index is 14.1. The summed E-state index contributed by atoms with van der Waals surface area (Å²) in [5.74, 6) is -0.477. The van der Waals surface area contributed by atoms with Crippen molar-refractivity contribution in [3.8, 4) is 17.1 Å². The van der Waals surface area contributed by atoms with E-state index in [1.54, 1.807) is 31.4 Å². The topological polar surface area (TPSA) is 179 Å². The number of alkyl halides is 2. The lowest BCUT2D eigenvalue weighted by Crippen LogP contribution is -2.44. The molecule has 3 amide bonds. The number of anilines is 1. The molecule has 0 radical (unpaired) electrons. The monoisotopic (exact) mass is 862 g/mol. The SMILES string of the molecule is Cn1c(=O)n(C2CCC(=O)NC2=O)c2ccc(CCCC(C)(O)CCCCCc3ccc(-n4cc(NC(=O)c5coc(-c6ccnc(CCC7CC7)c6)n5)c(C(F)F)n4)cc3)cc21. The standard InChI is InChI=1S/C47H52F2N8O6/c1-47(62,23-6-8-31-14-18-37-39(25-31)55(2)46(61)57(37)38-19-20-40(58)53-44(38)60)22-5-3-4-7-29-12-16-34(17-13-29)56-27-35(41(54-56)42(48)49)51-43(59)36-28-63-45(52-36)32-21-24-50-33(26-32)15-11-30-9-10-30/h12-14,16-18,21,24-28,30,38,42,62H,3-11,15,19-20,22-23H2,1-2H3,(H,51,59)(H,53,58,60). The van der Waals surface area contributed by atoms with E-state index >= 15 is 0 Å². The number of piperidine rings is 1. The second kappa shape index (κ2) is 18.6. The van der Waals surface area contributed by atoms with Crippen LogP contribution in [0.4, 0.5) is 14.5 Å². The summed E-state index contributed by atoms with van der Waals surface area (Å²) in [6, 6.07) is 16.1. The third-order valence-corrected chi connectivity index (χ3v) is 12.2. The van der Waals surface area contributed by atoms with E-state index in [2.05, 4.69) is 25.7 Å². The molecule has 0 bridgehead atoms. The maximum Gasteiger partial charge on any atom is 0.329 e. The van der Waals surface area contributed by atoms with Crippen LogP contribution in [0.5, 0.6) is 0 Å². The lowest BCUT2D eigenvalue weighted by Gasteiger charge is -2.23. The molecule has 4 aromatic heterocycles. The second-order valence-electron chi connectivity index (χ2n) is 17.3. The Bertz CT molecular complexity index is 2680. The van der Waals surface area contributed by atoms with Crippen molar-refractivity contribution in [3.05, 3.63) is 112 Å². The van der Waals surface area contributed by atoms with Crippen LogP contribution in [0.3, 0.4) is 0 Å². The van der Waals surface area contributed by atoms with Gasteiger partial charge in [-0.1, -0.05) is 43.9 Å². The van der Waals surface area contributed by atoms with Gasteiger partial charge in [-0.25, -0.2) is 23.2 Å². The molecule has 5 heterocycles. The number of unbranched alkanes of at least 4 members (excludes halogenated alkanes) is 2. The Morgan fingerprint density at radius 3 is 2.48 bits per heavy atom. The fourth-order valence-electron chi connectivity index (χ4n) is 8.40. The molecular weight excluding hydrogens is 811 g/mol. The molecular formula is C47H52F2N8O6. The van der Waals surface area contributed by atoms with Gasteiger partial charge in [0.25, 0.3) is 12.3 Å². The molecule has 16 heteroatoms. The normalized spacial score (nSPS) is 16.4. The van der Waals surface area contributed by atoms with Crippen molar-refractivity contribution in [1.29, 1.82) is 0 Å². The van der Waals surface area contributed by atoms with E-state index in [1.807, 2.05) is 43.3 Å². The lowest BCUT2D eigenvalue weighted by atomic mass is 9.91. The first-order chi connectivity index (χ1) is 30.3. The van der Waals surface area contributed by atoms with Crippen LogP contribution < -0.4 is 16.3 Å². The maximum absolute atomic E-state index is 14.1. The van der Waals surface area contributed by atoms with E-state index in [1.165, 1.54) is 39.1 Å². The van der Waals surface area contributed by atoms with E-state index in [4.69, 9.17) is 4.42 Å². The summed E-state index contributed by atoms with van der Waals surface area (Å²) >= 11 is 0. The number of imidazole rings is 1. The van der Waals surface area contributed by atoms with Crippen LogP contribution in [0, 0.1) is 5.92 Å². The highest BCUT2D eigenvalue weighted by Crippen LogP contribution is 2.34. The number of aliphatic hydroxyl groups is 1. The predicted octanol–water partition coefficient (Wildman–Crippen LogP) is 7.96. The van der Waals surface area contributed by atoms with Crippen LogP contribution in [-0.4, -0.2) is 57.3 Å². The van der Waals surface area contributed by atoms with Crippen LogP contribution in [0.1, 0.15) is 123 Å². The number of nitrogens with zero attached hydrogens (tertiary/aromatic N) is 6. The number of aryl methyl sites for hydroxylation is 4. The van der Waals surface area contributed by atoms with Gasteiger partial charge in [-0.05, 0) is 118 Å². The fourth-order valence-corrected chi connectivity index (χ4v) is 8.40. The number of rotatable bonds is 19. The average Bonchev–Trinajstić information content (AvgIpc) is 3.68. The first kappa shape index (κ1) is 43.4. The van der Waals surface area contributed by atoms with Crippen molar-refractivity contribution in [2.24, 2.45) is 13.0 Å². The molecule has 1 saturated carbocycles. The molecule has 6 aromatic rings. The van der Waals surface area contributed by atoms with Gasteiger partial charge in [0.15, 0.2) is 11.4 Å². The quantitative estimate of drug-likeness (QED) is 0.0538. The van der Waals surface area contributed by atoms with Crippen molar-refractivity contribution < 1.29 is 32.7 Å². The molecule has 2 atom stereocenters. The first-order valence-corrected chi connectivity index (χ1v) is 21.8. The summed E-state index contributed by atoms with van der Waals surface area (Å²) in [5, 5.41) is 20.1. The van der Waals surface area contributed by atoms with Crippen molar-refractivity contribution in [1.82, 2.24) is 34.2 Å². The number of carbonyl (C=O) groups is 3. The number of oxazole rings is 1. The summed E-state index contributed by atoms with van der Waals surface area (Å²) in [4.78, 5) is 59.1. The Balaban J connectivity index is 0.785. The highest BCUT2D eigenvalue weighted by Gasteiger charge is 2.31. The average molecular weight is 863 g/mol. The zero-order chi connectivity index (χ0) is 44.3. The Kier molecular flexibility index (Phi) is 12.8. The summed E-state index contributed by atoms with van der Waals surface area (Å²) in [5.41, 5.74) is 3.77. The van der Waals surface area contributed by atoms with Crippen molar-refractivity contribution >= 4 is 34.4 Å². The molecule has 14 nitrogen and oxygen atoms in total. The molecule has 0 spiro atoms. The van der Waals surface area contributed by atoms with Gasteiger partial charge in [-0.2, -0.15) is 5.10 Å². The highest BCUT2D eigenvalue weighted by molar-refractivity contribution is 6.03. The number of carbonyl (C=O) groups excluding carboxylic acids is 3. The van der Waals surface area contributed by atoms with Crippen molar-refractivity contribution in [2.45, 2.75) is 115 Å². The minimum absolute atomic E-state index is 0.0503. The molecule has 1 aliphatic heterocycles. The first-order valence-electron chi connectivity index (χ1n) is 21.8. The van der Waals surface area contributed by atoms with Gasteiger partial charge in [0, 0.05) is 30.9 Å². The largest absolute Gasteiger partial charge is 0.444 e. The Labute approximate surface area is 362 Å². The number of hydrogen-bond acceptors (Lipinski definition) is 9. The number of pyridine rings is 1. The molecule has 2 fully saturated rings. The number of imide groups is 1. The van der Waals surface area contributed by atoms with Gasteiger partial charge in [-0.3, -0.25) is 33.8 Å². The minimum atomic E-state index is -2.93. The van der Waals surface area contributed by atoms with Gasteiger partial charge < -0.3 is 14.8 Å². The van der Waals surface area contributed by atoms with Crippen molar-refractivity contribution in [2.75, 3.05) is 5.32 Å². The smallest absolute Gasteiger partial charge is 0.329 e. The lowest BCUT2D eigenvalue weighted by molar-refractivity contribution is -0.135. The molecule has 330 valence electrons. The van der Waals surface area contributed by atoms with Crippen LogP contribution in [0.2, 0.25) is 0 Å². The zero-order valence-corrected chi connectivity index (χ0v) is 35.5. The van der Waals surface area contributed by atoms with E-state index in [9.17, 15) is 33.1 Å². The van der Waals surface area contributed by atoms with Gasteiger partial charge >= 0.3 is 5.69 Å². The summed E-state index contributed by atoms with van der Waals surface area (Å²) < 4.78 is 38.1. The fraction of sp³-hybridized carbons (Fsp3) is 0.426. The number of benzene rings is 2. The van der Waals surface area contributed by atoms with Crippen LogP contribution in [0.15, 0.2) is 82.5 Å². The van der Waals surface area contributed by atoms with E-state index < -0.39 is 35.6 Å². The van der Waals surface area contributed by atoms with Gasteiger partial charge in [-0.15, -0.1) is 0 Å². The van der Waals surface area contributed by atoms with Gasteiger partial charge in [0.05, 0.1) is 34.2 Å². The molecule has 1 saturated heterocycles. The number of halogens is 2. The summed E-state index contributed by atoms with van der Waals surface area (Å²) in [6.45, 7) is 1.86. The molecule has 2 aliphatic rings. The molecule has 1 aliphatic carbocycles. The van der Waals surface area contributed by atoms with Crippen LogP contribution in [-0.2, 0) is 35.9 Å². The molecule has 8 rings (SSSR count). The number of aromatic nitrogens is 6. The number of fused-ring (bicyclic) bond motifs is 1. The Morgan fingerprint density at radius 1 is 0.952 bits per heavy atom. The Hall–Kier alpha value is -6.29. The predicted molar refractivity (Wildman–Crippen MR) is 232 cm³/mol. The summed E-state index contributed by atoms with van der Waals surface area (Å²) in [6.07, 6.45) is 12.5. The number of amides is 3. The van der Waals surface area contributed by atoms with E-state index in [0.717, 1.165) is 74.1 Å². The molecule has 63 heavy (non-hydrogen) atoms. The van der Waals surface area contributed by atoms with Gasteiger partial charge in [0.2, 0.25) is 17.7 Å². The third kappa shape index (κ3) is 10.3. The van der Waals surface area contributed by atoms with E-state index in [0.29, 0.717) is 35.1 Å². The molecule has 3 N–H and O–H groups in total. The highest BCUT2D eigenvalue weighted by atomic mass is 19.3. The molecule has 2 aromatic carbocycles. The number of nitrogens with one attached hydrogen (secondary N) is 2. The minimum Gasteiger partial charge on any atom is -0.444 e. The number of hydrogen-bond donors (Lipinski definition) is 3. The Morgan fingerprint density at radius 2 is 1.71 bits per heavy atom. The summed E-state index contributed by atoms with van der Waals surface area (Å²) in [7, 11) is 1.68.